The highest BCUT2D eigenvalue weighted by Crippen LogP contribution is 2.52. The van der Waals surface area contributed by atoms with Gasteiger partial charge in [0.05, 0.1) is 55.7 Å². The fraction of sp³-hybridized carbons (Fsp3) is 0.452. The van der Waals surface area contributed by atoms with Gasteiger partial charge in [-0.2, -0.15) is 4.98 Å². The maximum Gasteiger partial charge on any atom is 0.335 e. The summed E-state index contributed by atoms with van der Waals surface area (Å²) >= 11 is 6.51. The summed E-state index contributed by atoms with van der Waals surface area (Å²) in [5.41, 5.74) is 4.74. The van der Waals surface area contributed by atoms with E-state index in [1.807, 2.05) is 12.1 Å². The van der Waals surface area contributed by atoms with Gasteiger partial charge in [-0.05, 0) is 80.3 Å². The number of ether oxygens (including phenoxy) is 1. The molecule has 44 heavy (non-hydrogen) atoms. The van der Waals surface area contributed by atoms with Gasteiger partial charge in [0.1, 0.15) is 10.8 Å². The van der Waals surface area contributed by atoms with Crippen LogP contribution in [0.3, 0.4) is 0 Å². The molecular weight excluding hydrogens is 605 g/mol. The number of methoxy groups -OCH3 is 1. The SMILES string of the molecule is CCOP(=O)(Cc1ccc(Nc2ncc(Cl)c(Nc3ccc([C@H]4CC[C@H](O)CC4)c4c3C(=O)N(C)C4)n2)c(OC)c1)OCC. The van der Waals surface area contributed by atoms with Gasteiger partial charge >= 0.3 is 7.60 Å². The van der Waals surface area contributed by atoms with Gasteiger partial charge in [0, 0.05) is 13.6 Å². The van der Waals surface area contributed by atoms with Crippen LogP contribution in [-0.4, -0.2) is 59.4 Å². The van der Waals surface area contributed by atoms with Crippen molar-refractivity contribution in [2.24, 2.45) is 0 Å². The Morgan fingerprint density at radius 1 is 1.07 bits per heavy atom. The number of carbonyl (C=O) groups is 1. The number of hydrogen-bond donors (Lipinski definition) is 3. The third kappa shape index (κ3) is 7.03. The van der Waals surface area contributed by atoms with Gasteiger partial charge in [0.2, 0.25) is 5.95 Å². The van der Waals surface area contributed by atoms with Gasteiger partial charge in [-0.15, -0.1) is 0 Å². The first-order valence-electron chi connectivity index (χ1n) is 14.9. The van der Waals surface area contributed by atoms with E-state index in [1.165, 1.54) is 11.8 Å². The smallest absolute Gasteiger partial charge is 0.335 e. The molecule has 2 aromatic carbocycles. The van der Waals surface area contributed by atoms with E-state index in [2.05, 4.69) is 26.7 Å². The number of nitrogens with one attached hydrogen (secondary N) is 2. The molecule has 1 aliphatic carbocycles. The summed E-state index contributed by atoms with van der Waals surface area (Å²) in [5.74, 6) is 1.34. The van der Waals surface area contributed by atoms with Crippen LogP contribution in [0.25, 0.3) is 0 Å². The molecule has 1 aliphatic heterocycles. The second-order valence-electron chi connectivity index (χ2n) is 11.0. The molecule has 0 saturated heterocycles. The number of carbonyl (C=O) groups excluding carboxylic acids is 1. The average Bonchev–Trinajstić information content (AvgIpc) is 3.30. The Morgan fingerprint density at radius 3 is 2.45 bits per heavy atom. The lowest BCUT2D eigenvalue weighted by Gasteiger charge is -2.27. The maximum absolute atomic E-state index is 13.3. The Bertz CT molecular complexity index is 1550. The second kappa shape index (κ2) is 13.8. The fourth-order valence-electron chi connectivity index (χ4n) is 5.90. The molecule has 0 atom stereocenters. The van der Waals surface area contributed by atoms with Crippen LogP contribution in [0, 0.1) is 0 Å². The predicted octanol–water partition coefficient (Wildman–Crippen LogP) is 7.00. The predicted molar refractivity (Wildman–Crippen MR) is 171 cm³/mol. The van der Waals surface area contributed by atoms with Crippen molar-refractivity contribution >= 4 is 48.2 Å². The number of hydrogen-bond acceptors (Lipinski definition) is 10. The molecule has 11 nitrogen and oxygen atoms in total. The zero-order valence-corrected chi connectivity index (χ0v) is 27.1. The zero-order chi connectivity index (χ0) is 31.4. The highest BCUT2D eigenvalue weighted by molar-refractivity contribution is 7.53. The molecule has 1 aromatic heterocycles. The summed E-state index contributed by atoms with van der Waals surface area (Å²) in [6, 6.07) is 9.35. The number of rotatable bonds is 12. The van der Waals surface area contributed by atoms with E-state index in [9.17, 15) is 14.5 Å². The van der Waals surface area contributed by atoms with Gasteiger partial charge in [-0.3, -0.25) is 9.36 Å². The highest BCUT2D eigenvalue weighted by atomic mass is 35.5. The molecule has 1 amide bonds. The van der Waals surface area contributed by atoms with E-state index in [4.69, 9.17) is 25.4 Å². The van der Waals surface area contributed by atoms with Gasteiger partial charge in [-0.1, -0.05) is 23.7 Å². The molecular formula is C31H39ClN5O6P. The van der Waals surface area contributed by atoms with Crippen molar-refractivity contribution < 1.29 is 28.3 Å². The molecule has 0 unspecified atom stereocenters. The van der Waals surface area contributed by atoms with Crippen LogP contribution < -0.4 is 15.4 Å². The Kier molecular flexibility index (Phi) is 10.1. The number of aromatic nitrogens is 2. The third-order valence-electron chi connectivity index (χ3n) is 7.98. The monoisotopic (exact) mass is 643 g/mol. The Balaban J connectivity index is 1.38. The minimum atomic E-state index is -3.29. The highest BCUT2D eigenvalue weighted by Gasteiger charge is 2.33. The largest absolute Gasteiger partial charge is 0.495 e. The number of aliphatic hydroxyl groups is 1. The van der Waals surface area contributed by atoms with Crippen molar-refractivity contribution in [2.45, 2.75) is 64.3 Å². The Hall–Kier alpha value is -3.21. The van der Waals surface area contributed by atoms with Crippen molar-refractivity contribution in [1.29, 1.82) is 0 Å². The molecule has 0 radical (unpaired) electrons. The van der Waals surface area contributed by atoms with Crippen molar-refractivity contribution in [1.82, 2.24) is 14.9 Å². The summed E-state index contributed by atoms with van der Waals surface area (Å²) in [7, 11) is 0.0493. The summed E-state index contributed by atoms with van der Waals surface area (Å²) in [4.78, 5) is 23.9. The lowest BCUT2D eigenvalue weighted by Crippen LogP contribution is -2.18. The lowest BCUT2D eigenvalue weighted by atomic mass is 9.80. The van der Waals surface area contributed by atoms with Crippen molar-refractivity contribution in [2.75, 3.05) is 38.0 Å². The quantitative estimate of drug-likeness (QED) is 0.177. The number of aliphatic hydroxyl groups excluding tert-OH is 1. The molecule has 0 spiro atoms. The molecule has 13 heteroatoms. The molecule has 236 valence electrons. The second-order valence-corrected chi connectivity index (χ2v) is 13.5. The van der Waals surface area contributed by atoms with E-state index in [0.717, 1.165) is 36.8 Å². The van der Waals surface area contributed by atoms with Crippen molar-refractivity contribution in [3.05, 3.63) is 63.8 Å². The van der Waals surface area contributed by atoms with Gasteiger partial charge < -0.3 is 34.4 Å². The molecule has 3 N–H and O–H groups in total. The summed E-state index contributed by atoms with van der Waals surface area (Å²) in [6.07, 6.45) is 4.67. The number of nitrogens with zero attached hydrogens (tertiary/aromatic N) is 3. The van der Waals surface area contributed by atoms with Gasteiger partial charge in [-0.25, -0.2) is 4.98 Å². The van der Waals surface area contributed by atoms with E-state index < -0.39 is 7.60 Å². The molecule has 3 aromatic rings. The minimum absolute atomic E-state index is 0.0632. The average molecular weight is 644 g/mol. The minimum Gasteiger partial charge on any atom is -0.495 e. The molecule has 0 bridgehead atoms. The molecule has 5 rings (SSSR count). The van der Waals surface area contributed by atoms with E-state index in [0.29, 0.717) is 46.0 Å². The van der Waals surface area contributed by atoms with Crippen LogP contribution in [0.4, 0.5) is 23.1 Å². The molecule has 1 fully saturated rings. The van der Waals surface area contributed by atoms with Crippen molar-refractivity contribution in [3.8, 4) is 5.75 Å². The standard InChI is InChI=1S/C31H39ClN5O6P/c1-5-42-44(40,43-6-2)18-19-7-13-25(27(15-19)41-4)35-31-33-16-24(32)29(36-31)34-26-14-12-22(20-8-10-21(38)11-9-20)23-17-37(3)30(39)28(23)26/h7,12-16,20-21,38H,5-6,8-11,17-18H2,1-4H3,(H2,33,34,35,36)/t20-,21-. The van der Waals surface area contributed by atoms with E-state index in [-0.39, 0.29) is 37.3 Å². The van der Waals surface area contributed by atoms with Crippen LogP contribution in [0.5, 0.6) is 5.75 Å². The Morgan fingerprint density at radius 2 is 1.77 bits per heavy atom. The summed E-state index contributed by atoms with van der Waals surface area (Å²) in [5, 5.41) is 16.7. The van der Waals surface area contributed by atoms with Gasteiger partial charge in [0.15, 0.2) is 5.82 Å². The number of benzene rings is 2. The fourth-order valence-corrected chi connectivity index (χ4v) is 7.72. The van der Waals surface area contributed by atoms with Crippen LogP contribution in [0.2, 0.25) is 5.02 Å². The zero-order valence-electron chi connectivity index (χ0n) is 25.4. The van der Waals surface area contributed by atoms with E-state index >= 15 is 0 Å². The molecule has 1 saturated carbocycles. The summed E-state index contributed by atoms with van der Waals surface area (Å²) in [6.45, 7) is 4.64. The number of amides is 1. The van der Waals surface area contributed by atoms with Crippen LogP contribution in [0.15, 0.2) is 36.5 Å². The first kappa shape index (κ1) is 32.2. The van der Waals surface area contributed by atoms with Crippen LogP contribution in [0.1, 0.15) is 72.5 Å². The first-order chi connectivity index (χ1) is 21.1. The molecule has 2 aliphatic rings. The normalized spacial score (nSPS) is 18.3. The van der Waals surface area contributed by atoms with Crippen LogP contribution in [-0.2, 0) is 26.3 Å². The topological polar surface area (TPSA) is 135 Å². The Labute approximate surface area is 262 Å². The number of halogens is 1. The number of fused-ring (bicyclic) bond motifs is 1. The third-order valence-corrected chi connectivity index (χ3v) is 10.3. The van der Waals surface area contributed by atoms with Crippen molar-refractivity contribution in [3.63, 3.8) is 0 Å². The van der Waals surface area contributed by atoms with Gasteiger partial charge in [0.25, 0.3) is 5.91 Å². The first-order valence-corrected chi connectivity index (χ1v) is 17.0. The lowest BCUT2D eigenvalue weighted by molar-refractivity contribution is 0.0817. The number of anilines is 4. The van der Waals surface area contributed by atoms with E-state index in [1.54, 1.807) is 45.0 Å². The maximum atomic E-state index is 13.3. The molecule has 2 heterocycles. The van der Waals surface area contributed by atoms with Crippen LogP contribution >= 0.6 is 19.2 Å². The summed E-state index contributed by atoms with van der Waals surface area (Å²) < 4.78 is 29.5.